The van der Waals surface area contributed by atoms with E-state index in [0.717, 1.165) is 42.9 Å². The number of hydrogen-bond acceptors (Lipinski definition) is 3. The van der Waals surface area contributed by atoms with Crippen molar-refractivity contribution < 1.29 is 4.79 Å². The zero-order valence-corrected chi connectivity index (χ0v) is 12.9. The molecule has 1 aliphatic rings. The second kappa shape index (κ2) is 6.27. The van der Waals surface area contributed by atoms with Crippen LogP contribution in [0.5, 0.6) is 0 Å². The first-order valence-corrected chi connectivity index (χ1v) is 7.31. The van der Waals surface area contributed by atoms with Gasteiger partial charge < -0.3 is 15.1 Å². The van der Waals surface area contributed by atoms with E-state index in [1.807, 2.05) is 37.1 Å². The van der Waals surface area contributed by atoms with Gasteiger partial charge in [0.05, 0.1) is 0 Å². The van der Waals surface area contributed by atoms with Gasteiger partial charge in [0.2, 0.25) is 0 Å². The maximum Gasteiger partial charge on any atom is 0.254 e. The van der Waals surface area contributed by atoms with E-state index in [2.05, 4.69) is 24.2 Å². The quantitative estimate of drug-likeness (QED) is 0.899. The number of rotatable bonds is 2. The van der Waals surface area contributed by atoms with E-state index in [1.54, 1.807) is 0 Å². The van der Waals surface area contributed by atoms with Gasteiger partial charge >= 0.3 is 0 Å². The molecular formula is C16H25N3O. The Morgan fingerprint density at radius 1 is 1.35 bits per heavy atom. The molecule has 0 aliphatic carbocycles. The number of likely N-dealkylation sites (N-methyl/N-ethyl adjacent to an activating group) is 1. The second-order valence-corrected chi connectivity index (χ2v) is 5.74. The second-order valence-electron chi connectivity index (χ2n) is 5.74. The van der Waals surface area contributed by atoms with Crippen LogP contribution in [0.25, 0.3) is 0 Å². The number of nitrogens with zero attached hydrogens (tertiary/aromatic N) is 2. The number of aryl methyl sites for hydroxylation is 1. The van der Waals surface area contributed by atoms with Crippen LogP contribution in [0.3, 0.4) is 0 Å². The number of carbonyl (C=O) groups is 1. The van der Waals surface area contributed by atoms with Crippen molar-refractivity contribution in [3.8, 4) is 0 Å². The molecule has 1 atom stereocenters. The highest BCUT2D eigenvalue weighted by molar-refractivity contribution is 5.95. The predicted octanol–water partition coefficient (Wildman–Crippen LogP) is 2.20. The van der Waals surface area contributed by atoms with E-state index in [4.69, 9.17) is 0 Å². The largest absolute Gasteiger partial charge is 0.388 e. The molecule has 4 nitrogen and oxygen atoms in total. The first kappa shape index (κ1) is 14.9. The molecule has 1 aromatic rings. The fourth-order valence-electron chi connectivity index (χ4n) is 2.92. The van der Waals surface area contributed by atoms with Gasteiger partial charge in [0.15, 0.2) is 0 Å². The molecule has 1 heterocycles. The Hall–Kier alpha value is -1.55. The Labute approximate surface area is 121 Å². The molecule has 20 heavy (non-hydrogen) atoms. The minimum atomic E-state index is 0.151. The van der Waals surface area contributed by atoms with Gasteiger partial charge in [0, 0.05) is 37.4 Å². The molecule has 2 rings (SSSR count). The topological polar surface area (TPSA) is 35.6 Å². The third-order valence-corrected chi connectivity index (χ3v) is 4.05. The van der Waals surface area contributed by atoms with Crippen molar-refractivity contribution in [3.63, 3.8) is 0 Å². The molecule has 110 valence electrons. The summed E-state index contributed by atoms with van der Waals surface area (Å²) in [6, 6.07) is 6.15. The van der Waals surface area contributed by atoms with Crippen LogP contribution in [-0.4, -0.2) is 55.5 Å². The molecule has 0 bridgehead atoms. The number of carbonyl (C=O) groups excluding carboxylic acids is 1. The van der Waals surface area contributed by atoms with Crippen molar-refractivity contribution in [1.82, 2.24) is 9.80 Å². The molecule has 1 saturated heterocycles. The Morgan fingerprint density at radius 3 is 2.75 bits per heavy atom. The average Bonchev–Trinajstić information content (AvgIpc) is 2.58. The minimum absolute atomic E-state index is 0.151. The first-order valence-electron chi connectivity index (χ1n) is 7.31. The Morgan fingerprint density at radius 2 is 2.10 bits per heavy atom. The number of hydrogen-bond donors (Lipinski definition) is 1. The summed E-state index contributed by atoms with van der Waals surface area (Å²) in [4.78, 5) is 17.0. The van der Waals surface area contributed by atoms with Gasteiger partial charge in [0.25, 0.3) is 5.91 Å². The summed E-state index contributed by atoms with van der Waals surface area (Å²) in [5.41, 5.74) is 2.97. The van der Waals surface area contributed by atoms with Gasteiger partial charge in [-0.25, -0.2) is 0 Å². The molecule has 4 heteroatoms. The van der Waals surface area contributed by atoms with Crippen LogP contribution in [0.1, 0.15) is 29.3 Å². The van der Waals surface area contributed by atoms with Crippen LogP contribution in [0.2, 0.25) is 0 Å². The van der Waals surface area contributed by atoms with Crippen molar-refractivity contribution in [1.29, 1.82) is 0 Å². The molecule has 1 aromatic carbocycles. The van der Waals surface area contributed by atoms with Gasteiger partial charge in [-0.1, -0.05) is 0 Å². The number of amides is 1. The van der Waals surface area contributed by atoms with Crippen LogP contribution in [-0.2, 0) is 0 Å². The molecule has 1 unspecified atom stereocenters. The highest BCUT2D eigenvalue weighted by atomic mass is 16.2. The van der Waals surface area contributed by atoms with Gasteiger partial charge in [-0.15, -0.1) is 0 Å². The van der Waals surface area contributed by atoms with Crippen molar-refractivity contribution in [2.75, 3.05) is 39.0 Å². The van der Waals surface area contributed by atoms with E-state index in [-0.39, 0.29) is 11.9 Å². The zero-order chi connectivity index (χ0) is 14.7. The van der Waals surface area contributed by atoms with E-state index in [9.17, 15) is 4.79 Å². The van der Waals surface area contributed by atoms with Crippen LogP contribution >= 0.6 is 0 Å². The Balaban J connectivity index is 2.19. The standard InChI is InChI=1S/C16H25N3O/c1-12-10-14(6-7-15(12)17-3)16(20)19-9-5-8-18(4)11-13(19)2/h6-7,10,13,17H,5,8-9,11H2,1-4H3. The summed E-state index contributed by atoms with van der Waals surface area (Å²) < 4.78 is 0. The van der Waals surface area contributed by atoms with Gasteiger partial charge in [0.1, 0.15) is 0 Å². The molecule has 1 N–H and O–H groups in total. The van der Waals surface area contributed by atoms with Crippen molar-refractivity contribution in [3.05, 3.63) is 29.3 Å². The fourth-order valence-corrected chi connectivity index (χ4v) is 2.92. The summed E-state index contributed by atoms with van der Waals surface area (Å²) in [7, 11) is 4.02. The Kier molecular flexibility index (Phi) is 4.65. The van der Waals surface area contributed by atoms with Gasteiger partial charge in [-0.2, -0.15) is 0 Å². The maximum atomic E-state index is 12.7. The normalized spacial score (nSPS) is 20.6. The van der Waals surface area contributed by atoms with Crippen LogP contribution in [0.4, 0.5) is 5.69 Å². The maximum absolute atomic E-state index is 12.7. The predicted molar refractivity (Wildman–Crippen MR) is 83.3 cm³/mol. The van der Waals surface area contributed by atoms with E-state index in [1.165, 1.54) is 0 Å². The summed E-state index contributed by atoms with van der Waals surface area (Å²) in [6.45, 7) is 7.01. The lowest BCUT2D eigenvalue weighted by Gasteiger charge is -2.28. The molecule has 0 aromatic heterocycles. The summed E-state index contributed by atoms with van der Waals surface area (Å²) >= 11 is 0. The lowest BCUT2D eigenvalue weighted by Crippen LogP contribution is -2.42. The van der Waals surface area contributed by atoms with Crippen LogP contribution in [0.15, 0.2) is 18.2 Å². The average molecular weight is 275 g/mol. The molecule has 0 spiro atoms. The summed E-state index contributed by atoms with van der Waals surface area (Å²) in [6.07, 6.45) is 1.04. The summed E-state index contributed by atoms with van der Waals surface area (Å²) in [5.74, 6) is 0.151. The molecule has 0 saturated carbocycles. The van der Waals surface area contributed by atoms with Crippen molar-refractivity contribution in [2.24, 2.45) is 0 Å². The van der Waals surface area contributed by atoms with Gasteiger partial charge in [-0.3, -0.25) is 4.79 Å². The fraction of sp³-hybridized carbons (Fsp3) is 0.562. The van der Waals surface area contributed by atoms with Crippen LogP contribution < -0.4 is 5.32 Å². The minimum Gasteiger partial charge on any atom is -0.388 e. The molecule has 1 aliphatic heterocycles. The summed E-state index contributed by atoms with van der Waals surface area (Å²) in [5, 5.41) is 3.13. The third kappa shape index (κ3) is 3.12. The zero-order valence-electron chi connectivity index (χ0n) is 12.9. The molecule has 1 fully saturated rings. The highest BCUT2D eigenvalue weighted by Gasteiger charge is 2.25. The van der Waals surface area contributed by atoms with E-state index < -0.39 is 0 Å². The molecule has 1 amide bonds. The third-order valence-electron chi connectivity index (χ3n) is 4.05. The smallest absolute Gasteiger partial charge is 0.254 e. The molecule has 0 radical (unpaired) electrons. The number of nitrogens with one attached hydrogen (secondary N) is 1. The monoisotopic (exact) mass is 275 g/mol. The lowest BCUT2D eigenvalue weighted by molar-refractivity contribution is 0.0696. The first-order chi connectivity index (χ1) is 9.52. The number of benzene rings is 1. The molecular weight excluding hydrogens is 250 g/mol. The van der Waals surface area contributed by atoms with Crippen molar-refractivity contribution >= 4 is 11.6 Å². The number of anilines is 1. The highest BCUT2D eigenvalue weighted by Crippen LogP contribution is 2.19. The van der Waals surface area contributed by atoms with Gasteiger partial charge in [-0.05, 0) is 57.6 Å². The van der Waals surface area contributed by atoms with Crippen LogP contribution in [0, 0.1) is 6.92 Å². The Bertz CT molecular complexity index is 487. The van der Waals surface area contributed by atoms with Crippen molar-refractivity contribution in [2.45, 2.75) is 26.3 Å². The van der Waals surface area contributed by atoms with E-state index in [0.29, 0.717) is 0 Å². The SMILES string of the molecule is CNc1ccc(C(=O)N2CCCN(C)CC2C)cc1C. The van der Waals surface area contributed by atoms with E-state index >= 15 is 0 Å². The lowest BCUT2D eigenvalue weighted by atomic mass is 10.1.